The van der Waals surface area contributed by atoms with E-state index in [2.05, 4.69) is 5.32 Å². The number of nitrogens with zero attached hydrogens (tertiary/aromatic N) is 1. The van der Waals surface area contributed by atoms with Crippen LogP contribution in [0.25, 0.3) is 6.08 Å². The van der Waals surface area contributed by atoms with E-state index in [9.17, 15) is 14.4 Å². The van der Waals surface area contributed by atoms with E-state index in [0.29, 0.717) is 22.8 Å². The number of amides is 4. The van der Waals surface area contributed by atoms with Gasteiger partial charge in [-0.2, -0.15) is 0 Å². The molecule has 1 aliphatic rings. The zero-order valence-corrected chi connectivity index (χ0v) is 17.6. The van der Waals surface area contributed by atoms with E-state index in [4.69, 9.17) is 37.4 Å². The highest BCUT2D eigenvalue weighted by Crippen LogP contribution is 2.39. The number of benzene rings is 2. The van der Waals surface area contributed by atoms with Gasteiger partial charge < -0.3 is 14.2 Å². The average molecular weight is 451 g/mol. The minimum absolute atomic E-state index is 0.00384. The van der Waals surface area contributed by atoms with E-state index in [0.717, 1.165) is 4.90 Å². The molecule has 1 saturated heterocycles. The number of methoxy groups -OCH3 is 3. The molecule has 30 heavy (non-hydrogen) atoms. The summed E-state index contributed by atoms with van der Waals surface area (Å²) in [5, 5.41) is 2.28. The first-order valence-electron chi connectivity index (χ1n) is 8.47. The lowest BCUT2D eigenvalue weighted by Gasteiger charge is -2.27. The Morgan fingerprint density at radius 1 is 0.967 bits per heavy atom. The Kier molecular flexibility index (Phi) is 6.19. The van der Waals surface area contributed by atoms with E-state index in [1.807, 2.05) is 0 Å². The largest absolute Gasteiger partial charge is 0.493 e. The van der Waals surface area contributed by atoms with Gasteiger partial charge in [-0.3, -0.25) is 14.9 Å². The van der Waals surface area contributed by atoms with Crippen LogP contribution in [0.4, 0.5) is 10.5 Å². The van der Waals surface area contributed by atoms with E-state index in [1.54, 1.807) is 12.1 Å². The molecule has 1 heterocycles. The van der Waals surface area contributed by atoms with Crippen molar-refractivity contribution in [2.24, 2.45) is 0 Å². The van der Waals surface area contributed by atoms with Crippen LogP contribution in [0.5, 0.6) is 17.2 Å². The summed E-state index contributed by atoms with van der Waals surface area (Å²) in [7, 11) is 4.33. The van der Waals surface area contributed by atoms with Gasteiger partial charge in [0.25, 0.3) is 11.8 Å². The molecule has 0 radical (unpaired) electrons. The first kappa shape index (κ1) is 21.5. The second-order valence-electron chi connectivity index (χ2n) is 5.99. The zero-order chi connectivity index (χ0) is 22.0. The first-order chi connectivity index (χ1) is 14.3. The third-order valence-corrected chi connectivity index (χ3v) is 5.08. The molecule has 4 amide bonds. The van der Waals surface area contributed by atoms with Crippen LogP contribution in [0, 0.1) is 0 Å². The lowest BCUT2D eigenvalue weighted by atomic mass is 10.1. The Morgan fingerprint density at radius 3 is 2.17 bits per heavy atom. The van der Waals surface area contributed by atoms with Crippen LogP contribution in [0.2, 0.25) is 10.0 Å². The van der Waals surface area contributed by atoms with Crippen molar-refractivity contribution in [2.45, 2.75) is 0 Å². The number of anilines is 1. The third kappa shape index (κ3) is 3.79. The number of carbonyl (C=O) groups excluding carboxylic acids is 3. The topological polar surface area (TPSA) is 94.2 Å². The van der Waals surface area contributed by atoms with Crippen LogP contribution >= 0.6 is 23.2 Å². The fourth-order valence-electron chi connectivity index (χ4n) is 2.89. The molecule has 1 N–H and O–H groups in total. The number of hydrogen-bond acceptors (Lipinski definition) is 6. The molecule has 0 aromatic heterocycles. The standard InChI is InChI=1S/C20H16Cl2N2O6/c1-28-14-8-10(9-15(29-2)17(14)30-3)7-11-18(25)23-20(27)24(19(11)26)13-6-4-5-12(21)16(13)22/h4-9H,1-3H3,(H,23,25,27)/b11-7+. The van der Waals surface area contributed by atoms with Crippen molar-refractivity contribution < 1.29 is 28.6 Å². The molecule has 8 nitrogen and oxygen atoms in total. The van der Waals surface area contributed by atoms with Crippen molar-refractivity contribution in [3.63, 3.8) is 0 Å². The molecule has 156 valence electrons. The number of ether oxygens (including phenoxy) is 3. The zero-order valence-electron chi connectivity index (χ0n) is 16.1. The van der Waals surface area contributed by atoms with E-state index >= 15 is 0 Å². The van der Waals surface area contributed by atoms with Gasteiger partial charge in [-0.15, -0.1) is 0 Å². The Labute approximate surface area is 181 Å². The second kappa shape index (κ2) is 8.64. The summed E-state index contributed by atoms with van der Waals surface area (Å²) >= 11 is 12.2. The molecule has 0 bridgehead atoms. The van der Waals surface area contributed by atoms with Gasteiger partial charge >= 0.3 is 6.03 Å². The molecule has 1 fully saturated rings. The smallest absolute Gasteiger partial charge is 0.336 e. The number of halogens is 2. The van der Waals surface area contributed by atoms with Crippen molar-refractivity contribution >= 4 is 52.8 Å². The minimum Gasteiger partial charge on any atom is -0.493 e. The molecule has 2 aromatic rings. The molecule has 0 aliphatic carbocycles. The summed E-state index contributed by atoms with van der Waals surface area (Å²) in [5.74, 6) is -0.699. The molecule has 2 aromatic carbocycles. The SMILES string of the molecule is COc1cc(/C=C2\C(=O)NC(=O)N(c3cccc(Cl)c3Cl)C2=O)cc(OC)c1OC. The molecule has 0 saturated carbocycles. The van der Waals surface area contributed by atoms with Crippen molar-refractivity contribution in [3.05, 3.63) is 51.5 Å². The fourth-order valence-corrected chi connectivity index (χ4v) is 3.27. The molecular weight excluding hydrogens is 435 g/mol. The number of hydrogen-bond donors (Lipinski definition) is 1. The van der Waals surface area contributed by atoms with Gasteiger partial charge in [0.05, 0.1) is 37.1 Å². The minimum atomic E-state index is -0.934. The molecule has 10 heteroatoms. The van der Waals surface area contributed by atoms with Gasteiger partial charge in [-0.05, 0) is 35.9 Å². The van der Waals surface area contributed by atoms with Crippen molar-refractivity contribution in [1.29, 1.82) is 0 Å². The predicted molar refractivity (Wildman–Crippen MR) is 112 cm³/mol. The number of nitrogens with one attached hydrogen (secondary N) is 1. The molecule has 0 atom stereocenters. The summed E-state index contributed by atoms with van der Waals surface area (Å²) in [5.41, 5.74) is 0.171. The summed E-state index contributed by atoms with van der Waals surface area (Å²) in [4.78, 5) is 38.5. The highest BCUT2D eigenvalue weighted by molar-refractivity contribution is 6.46. The van der Waals surface area contributed by atoms with Gasteiger partial charge in [0.2, 0.25) is 5.75 Å². The van der Waals surface area contributed by atoms with Gasteiger partial charge in [0.15, 0.2) is 11.5 Å². The lowest BCUT2D eigenvalue weighted by Crippen LogP contribution is -2.54. The van der Waals surface area contributed by atoms with Crippen LogP contribution in [-0.4, -0.2) is 39.2 Å². The highest BCUT2D eigenvalue weighted by atomic mass is 35.5. The van der Waals surface area contributed by atoms with Crippen LogP contribution < -0.4 is 24.4 Å². The van der Waals surface area contributed by atoms with Crippen LogP contribution in [0.3, 0.4) is 0 Å². The van der Waals surface area contributed by atoms with Crippen molar-refractivity contribution in [1.82, 2.24) is 5.32 Å². The fraction of sp³-hybridized carbons (Fsp3) is 0.150. The summed E-state index contributed by atoms with van der Waals surface area (Å²) in [6, 6.07) is 6.67. The molecule has 0 spiro atoms. The monoisotopic (exact) mass is 450 g/mol. The first-order valence-corrected chi connectivity index (χ1v) is 9.23. The predicted octanol–water partition coefficient (Wildman–Crippen LogP) is 3.69. The number of barbiturate groups is 1. The van der Waals surface area contributed by atoms with Crippen molar-refractivity contribution in [2.75, 3.05) is 26.2 Å². The van der Waals surface area contributed by atoms with Gasteiger partial charge in [-0.1, -0.05) is 29.3 Å². The summed E-state index contributed by atoms with van der Waals surface area (Å²) in [6.45, 7) is 0. The Hall–Kier alpha value is -3.23. The van der Waals surface area contributed by atoms with E-state index in [1.165, 1.54) is 45.6 Å². The quantitative estimate of drug-likeness (QED) is 0.551. The Bertz CT molecular complexity index is 1060. The summed E-state index contributed by atoms with van der Waals surface area (Å²) in [6.07, 6.45) is 1.31. The Morgan fingerprint density at radius 2 is 1.60 bits per heavy atom. The highest BCUT2D eigenvalue weighted by Gasteiger charge is 2.38. The number of urea groups is 1. The maximum Gasteiger partial charge on any atom is 0.336 e. The normalized spacial score (nSPS) is 15.3. The third-order valence-electron chi connectivity index (χ3n) is 4.27. The Balaban J connectivity index is 2.10. The maximum absolute atomic E-state index is 13.0. The lowest BCUT2D eigenvalue weighted by molar-refractivity contribution is -0.122. The van der Waals surface area contributed by atoms with Gasteiger partial charge in [-0.25, -0.2) is 9.69 Å². The van der Waals surface area contributed by atoms with Crippen LogP contribution in [-0.2, 0) is 9.59 Å². The van der Waals surface area contributed by atoms with E-state index in [-0.39, 0.29) is 21.3 Å². The second-order valence-corrected chi connectivity index (χ2v) is 6.77. The average Bonchev–Trinajstić information content (AvgIpc) is 2.73. The maximum atomic E-state index is 13.0. The van der Waals surface area contributed by atoms with Gasteiger partial charge in [0, 0.05) is 0 Å². The summed E-state index contributed by atoms with van der Waals surface area (Å²) < 4.78 is 15.8. The van der Waals surface area contributed by atoms with E-state index < -0.39 is 17.8 Å². The van der Waals surface area contributed by atoms with Gasteiger partial charge in [0.1, 0.15) is 5.57 Å². The number of carbonyl (C=O) groups is 3. The van der Waals surface area contributed by atoms with Crippen LogP contribution in [0.15, 0.2) is 35.9 Å². The number of rotatable bonds is 5. The molecular formula is C20H16Cl2N2O6. The molecule has 0 unspecified atom stereocenters. The van der Waals surface area contributed by atoms with Crippen molar-refractivity contribution in [3.8, 4) is 17.2 Å². The van der Waals surface area contributed by atoms with Crippen LogP contribution in [0.1, 0.15) is 5.56 Å². The molecule has 3 rings (SSSR count). The molecule has 1 aliphatic heterocycles. The number of imide groups is 2.